The number of ether oxygens (including phenoxy) is 1. The zero-order chi connectivity index (χ0) is 16.5. The van der Waals surface area contributed by atoms with E-state index in [0.29, 0.717) is 10.6 Å². The Labute approximate surface area is 137 Å². The lowest BCUT2D eigenvalue weighted by atomic mass is 9.92. The Balaban J connectivity index is 2.27. The molecule has 0 unspecified atom stereocenters. The second-order valence-electron chi connectivity index (χ2n) is 4.96. The first-order chi connectivity index (χ1) is 10.3. The molecule has 1 aromatic carbocycles. The van der Waals surface area contributed by atoms with Crippen LogP contribution < -0.4 is 5.32 Å². The number of methoxy groups -OCH3 is 1. The molecular formula is C14H14Cl2N2O4. The van der Waals surface area contributed by atoms with Gasteiger partial charge in [-0.25, -0.2) is 4.79 Å². The average Bonchev–Trinajstić information content (AvgIpc) is 2.67. The van der Waals surface area contributed by atoms with E-state index < -0.39 is 23.4 Å². The fourth-order valence-electron chi connectivity index (χ4n) is 2.28. The molecule has 0 spiro atoms. The van der Waals surface area contributed by atoms with E-state index in [4.69, 9.17) is 23.2 Å². The number of carbonyl (C=O) groups is 3. The average molecular weight is 345 g/mol. The molecule has 0 aliphatic carbocycles. The van der Waals surface area contributed by atoms with Gasteiger partial charge in [-0.2, -0.15) is 0 Å². The largest absolute Gasteiger partial charge is 0.469 e. The molecule has 0 saturated carbocycles. The number of benzene rings is 1. The standard InChI is InChI=1S/C14H14Cl2N2O4/c1-14(9-4-3-8(15)7-10(9)16)12(20)18(13(21)17-14)6-5-11(19)22-2/h3-4,7H,5-6H2,1-2H3,(H,17,21)/t14-/m1/s1. The van der Waals surface area contributed by atoms with Crippen molar-refractivity contribution in [3.05, 3.63) is 33.8 Å². The number of nitrogens with zero attached hydrogens (tertiary/aromatic N) is 1. The summed E-state index contributed by atoms with van der Waals surface area (Å²) in [6.45, 7) is 1.50. The summed E-state index contributed by atoms with van der Waals surface area (Å²) in [4.78, 5) is 36.8. The Hall–Kier alpha value is -1.79. The van der Waals surface area contributed by atoms with Crippen LogP contribution in [0.25, 0.3) is 0 Å². The number of rotatable bonds is 4. The van der Waals surface area contributed by atoms with E-state index in [1.54, 1.807) is 19.1 Å². The molecule has 1 aliphatic heterocycles. The molecule has 1 heterocycles. The van der Waals surface area contributed by atoms with Crippen molar-refractivity contribution in [2.45, 2.75) is 18.9 Å². The van der Waals surface area contributed by atoms with Gasteiger partial charge in [-0.1, -0.05) is 29.3 Å². The number of imide groups is 1. The SMILES string of the molecule is COC(=O)CCN1C(=O)N[C@](C)(c2ccc(Cl)cc2Cl)C1=O. The molecule has 1 saturated heterocycles. The monoisotopic (exact) mass is 344 g/mol. The molecule has 0 aromatic heterocycles. The Morgan fingerprint density at radius 2 is 2.05 bits per heavy atom. The van der Waals surface area contributed by atoms with E-state index in [0.717, 1.165) is 4.90 Å². The number of carbonyl (C=O) groups excluding carboxylic acids is 3. The van der Waals surface area contributed by atoms with Gasteiger partial charge < -0.3 is 10.1 Å². The van der Waals surface area contributed by atoms with Crippen LogP contribution in [0.1, 0.15) is 18.9 Å². The van der Waals surface area contributed by atoms with Crippen molar-refractivity contribution in [1.29, 1.82) is 0 Å². The minimum Gasteiger partial charge on any atom is -0.469 e. The van der Waals surface area contributed by atoms with E-state index in [2.05, 4.69) is 10.1 Å². The zero-order valence-electron chi connectivity index (χ0n) is 12.0. The maximum absolute atomic E-state index is 12.6. The van der Waals surface area contributed by atoms with E-state index >= 15 is 0 Å². The number of esters is 1. The molecule has 8 heteroatoms. The normalized spacial score (nSPS) is 21.0. The van der Waals surface area contributed by atoms with Crippen molar-refractivity contribution in [2.75, 3.05) is 13.7 Å². The van der Waals surface area contributed by atoms with Gasteiger partial charge in [0.1, 0.15) is 5.54 Å². The van der Waals surface area contributed by atoms with E-state index in [1.807, 2.05) is 0 Å². The van der Waals surface area contributed by atoms with Gasteiger partial charge in [-0.05, 0) is 19.1 Å². The zero-order valence-corrected chi connectivity index (χ0v) is 13.5. The third-order valence-corrected chi connectivity index (χ3v) is 4.06. The van der Waals surface area contributed by atoms with Crippen LogP contribution in [0.2, 0.25) is 10.0 Å². The van der Waals surface area contributed by atoms with Gasteiger partial charge in [0.15, 0.2) is 0 Å². The topological polar surface area (TPSA) is 75.7 Å². The third-order valence-electron chi connectivity index (χ3n) is 3.51. The number of hydrogen-bond donors (Lipinski definition) is 1. The van der Waals surface area contributed by atoms with Crippen molar-refractivity contribution in [3.63, 3.8) is 0 Å². The smallest absolute Gasteiger partial charge is 0.325 e. The van der Waals surface area contributed by atoms with E-state index in [1.165, 1.54) is 13.2 Å². The summed E-state index contributed by atoms with van der Waals surface area (Å²) in [5, 5.41) is 3.31. The van der Waals surface area contributed by atoms with Gasteiger partial charge in [0.25, 0.3) is 5.91 Å². The van der Waals surface area contributed by atoms with Gasteiger partial charge >= 0.3 is 12.0 Å². The first kappa shape index (κ1) is 16.6. The number of halogens is 2. The van der Waals surface area contributed by atoms with Gasteiger partial charge in [-0.3, -0.25) is 14.5 Å². The molecule has 1 aromatic rings. The Morgan fingerprint density at radius 3 is 2.64 bits per heavy atom. The Bertz CT molecular complexity index is 650. The van der Waals surface area contributed by atoms with Crippen LogP contribution in [-0.4, -0.2) is 36.5 Å². The lowest BCUT2D eigenvalue weighted by molar-refractivity contribution is -0.141. The number of hydrogen-bond acceptors (Lipinski definition) is 4. The molecule has 2 rings (SSSR count). The molecule has 1 fully saturated rings. The summed E-state index contributed by atoms with van der Waals surface area (Å²) in [5.41, 5.74) is -0.855. The van der Waals surface area contributed by atoms with Crippen molar-refractivity contribution in [2.24, 2.45) is 0 Å². The van der Waals surface area contributed by atoms with Crippen molar-refractivity contribution >= 4 is 41.1 Å². The van der Waals surface area contributed by atoms with E-state index in [9.17, 15) is 14.4 Å². The predicted molar refractivity (Wildman–Crippen MR) is 80.7 cm³/mol. The molecule has 6 nitrogen and oxygen atoms in total. The lowest BCUT2D eigenvalue weighted by Gasteiger charge is -2.23. The van der Waals surface area contributed by atoms with Crippen molar-refractivity contribution < 1.29 is 19.1 Å². The Kier molecular flexibility index (Phi) is 4.63. The molecule has 3 amide bonds. The van der Waals surface area contributed by atoms with Crippen LogP contribution in [0.5, 0.6) is 0 Å². The minimum absolute atomic E-state index is 0.0574. The van der Waals surface area contributed by atoms with Gasteiger partial charge in [0.05, 0.1) is 13.5 Å². The van der Waals surface area contributed by atoms with Gasteiger partial charge in [0.2, 0.25) is 0 Å². The molecule has 0 bridgehead atoms. The number of nitrogens with one attached hydrogen (secondary N) is 1. The summed E-state index contributed by atoms with van der Waals surface area (Å²) in [7, 11) is 1.24. The van der Waals surface area contributed by atoms with Gasteiger partial charge in [0, 0.05) is 22.2 Å². The summed E-state index contributed by atoms with van der Waals surface area (Å²) in [6, 6.07) is 4.10. The first-order valence-corrected chi connectivity index (χ1v) is 7.21. The van der Waals surface area contributed by atoms with Crippen LogP contribution in [0.4, 0.5) is 4.79 Å². The highest BCUT2D eigenvalue weighted by Crippen LogP contribution is 2.34. The summed E-state index contributed by atoms with van der Waals surface area (Å²) < 4.78 is 4.51. The molecule has 1 atom stereocenters. The second kappa shape index (κ2) is 6.14. The summed E-state index contributed by atoms with van der Waals surface area (Å²) in [5.74, 6) is -0.982. The van der Waals surface area contributed by atoms with Crippen LogP contribution in [-0.2, 0) is 19.9 Å². The number of amides is 3. The van der Waals surface area contributed by atoms with Crippen molar-refractivity contribution in [3.8, 4) is 0 Å². The predicted octanol–water partition coefficient (Wildman–Crippen LogP) is 2.32. The molecule has 118 valence electrons. The third kappa shape index (κ3) is 2.89. The fraction of sp³-hybridized carbons (Fsp3) is 0.357. The lowest BCUT2D eigenvalue weighted by Crippen LogP contribution is -2.41. The van der Waals surface area contributed by atoms with Crippen LogP contribution in [0, 0.1) is 0 Å². The highest BCUT2D eigenvalue weighted by Gasteiger charge is 2.49. The highest BCUT2D eigenvalue weighted by molar-refractivity contribution is 6.35. The molecule has 1 aliphatic rings. The molecular weight excluding hydrogens is 331 g/mol. The van der Waals surface area contributed by atoms with E-state index in [-0.39, 0.29) is 18.0 Å². The van der Waals surface area contributed by atoms with Crippen molar-refractivity contribution in [1.82, 2.24) is 10.2 Å². The number of urea groups is 1. The minimum atomic E-state index is -1.30. The fourth-order valence-corrected chi connectivity index (χ4v) is 2.88. The van der Waals surface area contributed by atoms with Crippen LogP contribution in [0.3, 0.4) is 0 Å². The Morgan fingerprint density at radius 1 is 1.36 bits per heavy atom. The second-order valence-corrected chi connectivity index (χ2v) is 5.81. The van der Waals surface area contributed by atoms with Crippen LogP contribution >= 0.6 is 23.2 Å². The molecule has 22 heavy (non-hydrogen) atoms. The molecule has 1 N–H and O–H groups in total. The van der Waals surface area contributed by atoms with Gasteiger partial charge in [-0.15, -0.1) is 0 Å². The van der Waals surface area contributed by atoms with Crippen LogP contribution in [0.15, 0.2) is 18.2 Å². The first-order valence-electron chi connectivity index (χ1n) is 6.46. The summed E-state index contributed by atoms with van der Waals surface area (Å²) >= 11 is 12.0. The quantitative estimate of drug-likeness (QED) is 0.671. The highest BCUT2D eigenvalue weighted by atomic mass is 35.5. The summed E-state index contributed by atoms with van der Waals surface area (Å²) in [6.07, 6.45) is -0.0694. The maximum Gasteiger partial charge on any atom is 0.325 e. The maximum atomic E-state index is 12.6. The molecule has 0 radical (unpaired) electrons.